The molecular formula is C14H14O3. The lowest BCUT2D eigenvalue weighted by Crippen LogP contribution is -2.16. The minimum Gasteiger partial charge on any atom is -0.494 e. The summed E-state index contributed by atoms with van der Waals surface area (Å²) in [5.41, 5.74) is 1.21. The van der Waals surface area contributed by atoms with Crippen molar-refractivity contribution in [2.45, 2.75) is 19.8 Å². The number of fused-ring (bicyclic) bond motifs is 1. The molecule has 0 amide bonds. The summed E-state index contributed by atoms with van der Waals surface area (Å²) in [7, 11) is 0. The summed E-state index contributed by atoms with van der Waals surface area (Å²) in [4.78, 5) is 22.9. The molecule has 0 saturated carbocycles. The SMILES string of the molecule is CCCCOc1ccc2c(c1)C(=O)C(=O)C=C2. The Labute approximate surface area is 100 Å². The van der Waals surface area contributed by atoms with Crippen molar-refractivity contribution >= 4 is 17.6 Å². The number of Topliss-reactive ketones (excluding diaryl/α,β-unsaturated/α-hetero) is 1. The van der Waals surface area contributed by atoms with Gasteiger partial charge in [-0.2, -0.15) is 0 Å². The third-order valence-corrected chi connectivity index (χ3v) is 2.67. The predicted octanol–water partition coefficient (Wildman–Crippen LogP) is 2.64. The molecule has 0 heterocycles. The highest BCUT2D eigenvalue weighted by molar-refractivity contribution is 6.50. The Morgan fingerprint density at radius 3 is 2.76 bits per heavy atom. The average molecular weight is 230 g/mol. The minimum absolute atomic E-state index is 0.437. The topological polar surface area (TPSA) is 43.4 Å². The van der Waals surface area contributed by atoms with Crippen LogP contribution in [0.1, 0.15) is 35.7 Å². The maximum absolute atomic E-state index is 11.6. The fourth-order valence-corrected chi connectivity index (χ4v) is 1.68. The van der Waals surface area contributed by atoms with Crippen molar-refractivity contribution < 1.29 is 14.3 Å². The molecule has 0 saturated heterocycles. The number of hydrogen-bond donors (Lipinski definition) is 0. The van der Waals surface area contributed by atoms with Gasteiger partial charge < -0.3 is 4.74 Å². The van der Waals surface area contributed by atoms with Crippen molar-refractivity contribution in [3.8, 4) is 5.75 Å². The number of unbranched alkanes of at least 4 members (excludes halogenated alkanes) is 1. The summed E-state index contributed by atoms with van der Waals surface area (Å²) in [6.07, 6.45) is 5.01. The molecule has 0 aliphatic heterocycles. The number of ether oxygens (including phenoxy) is 1. The van der Waals surface area contributed by atoms with Crippen LogP contribution in [0.25, 0.3) is 6.08 Å². The van der Waals surface area contributed by atoms with Crippen molar-refractivity contribution in [1.82, 2.24) is 0 Å². The Balaban J connectivity index is 2.21. The third kappa shape index (κ3) is 2.44. The first-order valence-corrected chi connectivity index (χ1v) is 5.76. The Bertz CT molecular complexity index is 486. The van der Waals surface area contributed by atoms with Crippen molar-refractivity contribution in [3.63, 3.8) is 0 Å². The normalized spacial score (nSPS) is 13.7. The molecule has 0 atom stereocenters. The monoisotopic (exact) mass is 230 g/mol. The fraction of sp³-hybridized carbons (Fsp3) is 0.286. The Morgan fingerprint density at radius 2 is 2.00 bits per heavy atom. The zero-order valence-corrected chi connectivity index (χ0v) is 9.73. The van der Waals surface area contributed by atoms with E-state index in [-0.39, 0.29) is 0 Å². The average Bonchev–Trinajstić information content (AvgIpc) is 2.35. The quantitative estimate of drug-likeness (QED) is 0.590. The molecule has 3 heteroatoms. The van der Waals surface area contributed by atoms with Crippen LogP contribution in [0.4, 0.5) is 0 Å². The van der Waals surface area contributed by atoms with E-state index in [1.807, 2.05) is 6.07 Å². The second kappa shape index (κ2) is 4.95. The molecule has 0 aromatic heterocycles. The third-order valence-electron chi connectivity index (χ3n) is 2.67. The van der Waals surface area contributed by atoms with Crippen LogP contribution in [0.3, 0.4) is 0 Å². The number of rotatable bonds is 4. The van der Waals surface area contributed by atoms with Gasteiger partial charge in [-0.05, 0) is 30.2 Å². The van der Waals surface area contributed by atoms with Crippen LogP contribution in [0, 0.1) is 0 Å². The van der Waals surface area contributed by atoms with Crippen LogP contribution >= 0.6 is 0 Å². The molecule has 1 aromatic rings. The highest BCUT2D eigenvalue weighted by atomic mass is 16.5. The number of ketones is 2. The summed E-state index contributed by atoms with van der Waals surface area (Å²) in [6, 6.07) is 5.27. The Kier molecular flexibility index (Phi) is 3.38. The molecule has 0 radical (unpaired) electrons. The number of carbonyl (C=O) groups is 2. The van der Waals surface area contributed by atoms with Gasteiger partial charge in [-0.25, -0.2) is 0 Å². The van der Waals surface area contributed by atoms with Crippen LogP contribution in [-0.2, 0) is 4.79 Å². The van der Waals surface area contributed by atoms with Gasteiger partial charge in [-0.15, -0.1) is 0 Å². The molecule has 0 bridgehead atoms. The molecule has 3 nitrogen and oxygen atoms in total. The summed E-state index contributed by atoms with van der Waals surface area (Å²) < 4.78 is 5.51. The van der Waals surface area contributed by atoms with E-state index in [2.05, 4.69) is 6.92 Å². The molecule has 1 aliphatic carbocycles. The van der Waals surface area contributed by atoms with E-state index in [4.69, 9.17) is 4.74 Å². The molecule has 1 aliphatic rings. The van der Waals surface area contributed by atoms with Gasteiger partial charge in [0.15, 0.2) is 0 Å². The van der Waals surface area contributed by atoms with Gasteiger partial charge in [0.1, 0.15) is 5.75 Å². The van der Waals surface area contributed by atoms with Gasteiger partial charge in [0.2, 0.25) is 11.6 Å². The van der Waals surface area contributed by atoms with Crippen LogP contribution in [0.15, 0.2) is 24.3 Å². The summed E-state index contributed by atoms with van der Waals surface area (Å²) in [5, 5.41) is 0. The van der Waals surface area contributed by atoms with Gasteiger partial charge in [-0.1, -0.05) is 25.5 Å². The maximum atomic E-state index is 11.6. The molecule has 88 valence electrons. The lowest BCUT2D eigenvalue weighted by atomic mass is 9.95. The highest BCUT2D eigenvalue weighted by Crippen LogP contribution is 2.23. The molecule has 1 aromatic carbocycles. The van der Waals surface area contributed by atoms with Crippen LogP contribution in [0.2, 0.25) is 0 Å². The molecular weight excluding hydrogens is 216 g/mol. The minimum atomic E-state index is -0.469. The van der Waals surface area contributed by atoms with Gasteiger partial charge in [-0.3, -0.25) is 9.59 Å². The van der Waals surface area contributed by atoms with Crippen molar-refractivity contribution in [2.24, 2.45) is 0 Å². The van der Waals surface area contributed by atoms with Crippen molar-refractivity contribution in [3.05, 3.63) is 35.4 Å². The number of benzene rings is 1. The first-order valence-electron chi connectivity index (χ1n) is 5.76. The first-order chi connectivity index (χ1) is 8.22. The second-order valence-electron chi connectivity index (χ2n) is 3.98. The highest BCUT2D eigenvalue weighted by Gasteiger charge is 2.21. The first kappa shape index (κ1) is 11.6. The van der Waals surface area contributed by atoms with E-state index < -0.39 is 11.6 Å². The predicted molar refractivity (Wildman–Crippen MR) is 65.2 cm³/mol. The van der Waals surface area contributed by atoms with Crippen LogP contribution in [0.5, 0.6) is 5.75 Å². The van der Waals surface area contributed by atoms with E-state index in [1.54, 1.807) is 18.2 Å². The lowest BCUT2D eigenvalue weighted by Gasteiger charge is -2.11. The molecule has 0 spiro atoms. The number of hydrogen-bond acceptors (Lipinski definition) is 3. The fourth-order valence-electron chi connectivity index (χ4n) is 1.68. The van der Waals surface area contributed by atoms with Gasteiger partial charge in [0.05, 0.1) is 6.61 Å². The Hall–Kier alpha value is -1.90. The molecule has 0 fully saturated rings. The van der Waals surface area contributed by atoms with E-state index in [1.165, 1.54) is 6.08 Å². The smallest absolute Gasteiger partial charge is 0.233 e. The second-order valence-corrected chi connectivity index (χ2v) is 3.98. The van der Waals surface area contributed by atoms with Gasteiger partial charge in [0.25, 0.3) is 0 Å². The van der Waals surface area contributed by atoms with Crippen molar-refractivity contribution in [1.29, 1.82) is 0 Å². The number of carbonyl (C=O) groups excluding carboxylic acids is 2. The summed E-state index contributed by atoms with van der Waals surface area (Å²) in [6.45, 7) is 2.72. The largest absolute Gasteiger partial charge is 0.494 e. The summed E-state index contributed by atoms with van der Waals surface area (Å²) >= 11 is 0. The summed E-state index contributed by atoms with van der Waals surface area (Å²) in [5.74, 6) is -0.278. The Morgan fingerprint density at radius 1 is 1.18 bits per heavy atom. The number of allylic oxidation sites excluding steroid dienone is 1. The van der Waals surface area contributed by atoms with Crippen LogP contribution < -0.4 is 4.74 Å². The zero-order valence-electron chi connectivity index (χ0n) is 9.73. The molecule has 0 unspecified atom stereocenters. The molecule has 0 N–H and O–H groups in total. The van der Waals surface area contributed by atoms with E-state index >= 15 is 0 Å². The molecule has 17 heavy (non-hydrogen) atoms. The molecule has 2 rings (SSSR count). The van der Waals surface area contributed by atoms with E-state index in [9.17, 15) is 9.59 Å². The van der Waals surface area contributed by atoms with Gasteiger partial charge >= 0.3 is 0 Å². The van der Waals surface area contributed by atoms with Crippen molar-refractivity contribution in [2.75, 3.05) is 6.61 Å². The van der Waals surface area contributed by atoms with Gasteiger partial charge in [0, 0.05) is 5.56 Å². The standard InChI is InChI=1S/C14H14O3/c1-2-3-8-17-11-6-4-10-5-7-13(15)14(16)12(10)9-11/h4-7,9H,2-3,8H2,1H3. The maximum Gasteiger partial charge on any atom is 0.233 e. The van der Waals surface area contributed by atoms with E-state index in [0.717, 1.165) is 18.4 Å². The zero-order chi connectivity index (χ0) is 12.3. The van der Waals surface area contributed by atoms with Crippen LogP contribution in [-0.4, -0.2) is 18.2 Å². The lowest BCUT2D eigenvalue weighted by molar-refractivity contribution is -0.110. The van der Waals surface area contributed by atoms with E-state index in [0.29, 0.717) is 17.9 Å².